The molecule has 12 aromatic rings. The molecule has 0 atom stereocenters. The third-order valence-electron chi connectivity index (χ3n) is 21.6. The molecule has 8 nitrogen and oxygen atoms in total. The van der Waals surface area contributed by atoms with Gasteiger partial charge in [-0.25, -0.2) is 19.9 Å². The van der Waals surface area contributed by atoms with E-state index in [1.807, 2.05) is 0 Å². The van der Waals surface area contributed by atoms with E-state index in [9.17, 15) is 0 Å². The van der Waals surface area contributed by atoms with Gasteiger partial charge < -0.3 is 18.9 Å². The maximum Gasteiger partial charge on any atom is 0.130 e. The molecule has 108 heavy (non-hydrogen) atoms. The minimum Gasteiger partial charge on any atom is -0.487 e. The highest BCUT2D eigenvalue weighted by molar-refractivity contribution is 5.81. The lowest BCUT2D eigenvalue weighted by atomic mass is 9.70. The Hall–Kier alpha value is -9.40. The Morgan fingerprint density at radius 1 is 0.231 bits per heavy atom. The monoisotopic (exact) mass is 1440 g/mol. The fourth-order valence-electron chi connectivity index (χ4n) is 18.2. The van der Waals surface area contributed by atoms with Gasteiger partial charge in [0.25, 0.3) is 0 Å². The molecular weight excluding hydrogens is 1320 g/mol. The van der Waals surface area contributed by atoms with Gasteiger partial charge in [-0.05, 0) is 184 Å². The lowest BCUT2D eigenvalue weighted by molar-refractivity contribution is 0.280. The first-order valence-corrected chi connectivity index (χ1v) is 39.4. The van der Waals surface area contributed by atoms with Crippen LogP contribution in [0.15, 0.2) is 194 Å². The highest BCUT2D eigenvalue weighted by Gasteiger charge is 2.37. The van der Waals surface area contributed by atoms with Gasteiger partial charge >= 0.3 is 0 Å². The van der Waals surface area contributed by atoms with Crippen LogP contribution in [0.2, 0.25) is 0 Å². The Labute approximate surface area is 644 Å². The fraction of sp³-hybridized carbons (Fsp3) is 0.400. The number of ether oxygens (including phenoxy) is 4. The Kier molecular flexibility index (Phi) is 21.2. The van der Waals surface area contributed by atoms with E-state index >= 15 is 0 Å². The van der Waals surface area contributed by atoms with Gasteiger partial charge in [0.1, 0.15) is 49.4 Å². The molecule has 560 valence electrons. The van der Waals surface area contributed by atoms with E-state index < -0.39 is 0 Å². The Balaban J connectivity index is 1.15. The molecule has 0 aliphatic heterocycles. The highest BCUT2D eigenvalue weighted by atomic mass is 16.5. The summed E-state index contributed by atoms with van der Waals surface area (Å²) in [6.07, 6.45) is 5.71. The van der Waals surface area contributed by atoms with Crippen LogP contribution >= 0.6 is 0 Å². The van der Waals surface area contributed by atoms with Gasteiger partial charge in [0, 0.05) is 47.2 Å². The SMILES string of the molecule is CC(C)(C)CC(C)(C)c1cc2c(OCc3ccc4ccccc4n3)c(c1)Cc1cc(C(C)(C)CC(C)(C)C)cc(c1OCc1ccc3ccccc3n1)Cc1cc(C(C)(C)CC(C)(C)C)cc(c1OCc1ccc3ccccc3n1)Cc1cc(C(C)(C)CC(C)(C)C)cc(c1OCc1ccc3ccccc3n1)C2. The van der Waals surface area contributed by atoms with Crippen molar-refractivity contribution in [2.75, 3.05) is 0 Å². The average molecular weight is 1440 g/mol. The number of hydrogen-bond donors (Lipinski definition) is 0. The van der Waals surface area contributed by atoms with E-state index in [0.29, 0.717) is 25.7 Å². The summed E-state index contributed by atoms with van der Waals surface area (Å²) in [5.41, 5.74) is 19.6. The molecule has 0 unspecified atom stereocenters. The first kappa shape index (κ1) is 76.8. The predicted octanol–water partition coefficient (Wildman–Crippen LogP) is 25.7. The van der Waals surface area contributed by atoms with Crippen molar-refractivity contribution in [2.24, 2.45) is 21.7 Å². The number of pyridine rings is 4. The Morgan fingerprint density at radius 2 is 0.407 bits per heavy atom. The summed E-state index contributed by atoms with van der Waals surface area (Å²) in [5.74, 6) is 3.36. The average Bonchev–Trinajstić information content (AvgIpc) is 0.771. The molecule has 0 radical (unpaired) electrons. The van der Waals surface area contributed by atoms with Crippen molar-refractivity contribution in [3.63, 3.8) is 0 Å². The molecule has 8 heteroatoms. The van der Waals surface area contributed by atoms with E-state index in [2.05, 4.69) is 333 Å². The number of benzene rings is 8. The lowest BCUT2D eigenvalue weighted by Crippen LogP contribution is -2.26. The van der Waals surface area contributed by atoms with Crippen molar-refractivity contribution >= 4 is 43.6 Å². The lowest BCUT2D eigenvalue weighted by Gasteiger charge is -2.36. The minimum atomic E-state index is -0.285. The van der Waals surface area contributed by atoms with Gasteiger partial charge in [0.15, 0.2) is 0 Å². The van der Waals surface area contributed by atoms with Crippen molar-refractivity contribution in [2.45, 2.75) is 238 Å². The van der Waals surface area contributed by atoms with E-state index in [1.165, 1.54) is 22.3 Å². The number of rotatable bonds is 20. The second-order valence-corrected chi connectivity index (χ2v) is 38.8. The molecular formula is C100H116N4O4. The van der Waals surface area contributed by atoms with Crippen LogP contribution in [0.1, 0.15) is 254 Å². The van der Waals surface area contributed by atoms with Crippen molar-refractivity contribution in [3.8, 4) is 23.0 Å². The maximum atomic E-state index is 7.74. The van der Waals surface area contributed by atoms with Crippen LogP contribution in [-0.2, 0) is 73.8 Å². The van der Waals surface area contributed by atoms with Crippen LogP contribution in [-0.4, -0.2) is 19.9 Å². The molecule has 4 heterocycles. The largest absolute Gasteiger partial charge is 0.487 e. The van der Waals surface area contributed by atoms with Gasteiger partial charge in [0.2, 0.25) is 0 Å². The molecule has 8 bridgehead atoms. The van der Waals surface area contributed by atoms with E-state index in [4.69, 9.17) is 38.9 Å². The van der Waals surface area contributed by atoms with Gasteiger partial charge in [-0.2, -0.15) is 0 Å². The number of fused-ring (bicyclic) bond motifs is 12. The summed E-state index contributed by atoms with van der Waals surface area (Å²) in [5, 5.41) is 4.35. The first-order valence-electron chi connectivity index (χ1n) is 39.4. The molecule has 0 amide bonds. The summed E-state index contributed by atoms with van der Waals surface area (Å²) >= 11 is 0. The van der Waals surface area contributed by atoms with Crippen molar-refractivity contribution in [1.29, 1.82) is 0 Å². The zero-order chi connectivity index (χ0) is 76.9. The molecule has 0 fully saturated rings. The molecule has 1 aliphatic rings. The second-order valence-electron chi connectivity index (χ2n) is 38.8. The zero-order valence-electron chi connectivity index (χ0n) is 68.4. The maximum absolute atomic E-state index is 7.74. The Bertz CT molecular complexity index is 4550. The third-order valence-corrected chi connectivity index (χ3v) is 21.6. The van der Waals surface area contributed by atoms with Crippen molar-refractivity contribution in [3.05, 3.63) is 284 Å². The van der Waals surface area contributed by atoms with E-state index in [-0.39, 0.29) is 69.7 Å². The summed E-state index contributed by atoms with van der Waals surface area (Å²) in [6.45, 7) is 48.9. The van der Waals surface area contributed by atoms with Crippen LogP contribution < -0.4 is 18.9 Å². The van der Waals surface area contributed by atoms with Crippen LogP contribution in [0.3, 0.4) is 0 Å². The number of nitrogens with zero attached hydrogens (tertiary/aromatic N) is 4. The second kappa shape index (κ2) is 29.9. The van der Waals surface area contributed by atoms with Crippen molar-refractivity contribution < 1.29 is 18.9 Å². The fourth-order valence-corrected chi connectivity index (χ4v) is 18.2. The summed E-state index contributed by atoms with van der Waals surface area (Å²) in [4.78, 5) is 21.2. The molecule has 4 aromatic heterocycles. The van der Waals surface area contributed by atoms with Gasteiger partial charge in [-0.3, -0.25) is 0 Å². The normalized spacial score (nSPS) is 13.5. The van der Waals surface area contributed by atoms with Crippen molar-refractivity contribution in [1.82, 2.24) is 19.9 Å². The van der Waals surface area contributed by atoms with Crippen LogP contribution in [0.4, 0.5) is 0 Å². The molecule has 0 spiro atoms. The molecule has 8 aromatic carbocycles. The van der Waals surface area contributed by atoms with Crippen LogP contribution in [0, 0.1) is 21.7 Å². The van der Waals surface area contributed by atoms with E-state index in [0.717, 1.165) is 160 Å². The summed E-state index contributed by atoms with van der Waals surface area (Å²) in [6, 6.07) is 70.5. The van der Waals surface area contributed by atoms with Gasteiger partial charge in [0.05, 0.1) is 44.8 Å². The molecule has 0 saturated heterocycles. The minimum absolute atomic E-state index is 0.000127. The smallest absolute Gasteiger partial charge is 0.130 e. The number of aromatic nitrogens is 4. The van der Waals surface area contributed by atoms with Gasteiger partial charge in [-0.1, -0.05) is 284 Å². The van der Waals surface area contributed by atoms with E-state index in [1.54, 1.807) is 0 Å². The third kappa shape index (κ3) is 18.5. The number of hydrogen-bond acceptors (Lipinski definition) is 8. The molecule has 0 N–H and O–H groups in total. The molecule has 1 aliphatic carbocycles. The van der Waals surface area contributed by atoms with Gasteiger partial charge in [-0.15, -0.1) is 0 Å². The van der Waals surface area contributed by atoms with Crippen LogP contribution in [0.25, 0.3) is 43.6 Å². The summed E-state index contributed by atoms with van der Waals surface area (Å²) < 4.78 is 31.0. The Morgan fingerprint density at radius 3 is 0.583 bits per heavy atom. The molecule has 13 rings (SSSR count). The predicted molar refractivity (Wildman–Crippen MR) is 450 cm³/mol. The zero-order valence-corrected chi connectivity index (χ0v) is 68.4. The standard InChI is InChI=1S/C100H116N4O4/c1-93(2,3)61-97(13,14)77-49-69-45-71-51-78(98(15,16)62-94(4,5)6)53-73(90(71)106-58-82-42-38-66-30-22-26-34-86(66)102-82)47-75-55-80(100(19,20)64-96(10,11)12)56-76(92(75)108-60-84-44-40-68-32-24-28-36-88(68)104-84)48-74-54-79(99(17,18)63-95(7,8)9)52-72(91(74)107-59-83-43-39-67-31-23-27-35-87(67)103-83)46-70(50-77)89(69)105-57-81-41-37-65-29-21-25-33-85(65)101-81/h21-44,49-56H,45-48,57-64H2,1-20H3. The topological polar surface area (TPSA) is 88.5 Å². The first-order chi connectivity index (χ1) is 50.8. The van der Waals surface area contributed by atoms with Crippen LogP contribution in [0.5, 0.6) is 23.0 Å². The number of para-hydroxylation sites is 4. The molecule has 0 saturated carbocycles. The quantitative estimate of drug-likeness (QED) is 0.0746. The summed E-state index contributed by atoms with van der Waals surface area (Å²) in [7, 11) is 0. The highest BCUT2D eigenvalue weighted by Crippen LogP contribution is 2.49.